The molecular formula is C25H30F2N2O4S. The van der Waals surface area contributed by atoms with Gasteiger partial charge < -0.3 is 9.64 Å². The van der Waals surface area contributed by atoms with Crippen molar-refractivity contribution in [2.75, 3.05) is 24.5 Å². The largest absolute Gasteiger partial charge is 0.433 e. The Balaban J connectivity index is 1.52. The van der Waals surface area contributed by atoms with Crippen LogP contribution < -0.4 is 9.64 Å². The second-order valence-electron chi connectivity index (χ2n) is 9.14. The number of para-hydroxylation sites is 1. The van der Waals surface area contributed by atoms with E-state index >= 15 is 0 Å². The molecule has 6 nitrogen and oxygen atoms in total. The predicted molar refractivity (Wildman–Crippen MR) is 126 cm³/mol. The van der Waals surface area contributed by atoms with Crippen molar-refractivity contribution in [3.8, 4) is 5.75 Å². The quantitative estimate of drug-likeness (QED) is 0.612. The summed E-state index contributed by atoms with van der Waals surface area (Å²) in [7, 11) is -3.68. The third kappa shape index (κ3) is 4.68. The summed E-state index contributed by atoms with van der Waals surface area (Å²) in [6.45, 7) is 3.46. The van der Waals surface area contributed by atoms with Gasteiger partial charge in [-0.25, -0.2) is 8.42 Å². The van der Waals surface area contributed by atoms with Crippen LogP contribution in [0.25, 0.3) is 0 Å². The first-order valence-electron chi connectivity index (χ1n) is 11.6. The monoisotopic (exact) mass is 492 g/mol. The fourth-order valence-corrected chi connectivity index (χ4v) is 7.17. The molecule has 0 saturated carbocycles. The van der Waals surface area contributed by atoms with E-state index in [1.807, 2.05) is 25.1 Å². The maximum Gasteiger partial charge on any atom is 0.387 e. The van der Waals surface area contributed by atoms with E-state index in [9.17, 15) is 22.0 Å². The van der Waals surface area contributed by atoms with Gasteiger partial charge in [-0.3, -0.25) is 4.79 Å². The van der Waals surface area contributed by atoms with Gasteiger partial charge in [0.15, 0.2) is 0 Å². The molecule has 1 fully saturated rings. The molecule has 0 unspecified atom stereocenters. The van der Waals surface area contributed by atoms with Crippen LogP contribution in [-0.2, 0) is 21.2 Å². The number of carbonyl (C=O) groups is 1. The van der Waals surface area contributed by atoms with Gasteiger partial charge in [-0.05, 0) is 69.2 Å². The van der Waals surface area contributed by atoms with Gasteiger partial charge in [-0.1, -0.05) is 29.8 Å². The molecule has 0 aromatic heterocycles. The van der Waals surface area contributed by atoms with Crippen molar-refractivity contribution < 1.29 is 26.7 Å². The topological polar surface area (TPSA) is 66.9 Å². The molecule has 2 aliphatic heterocycles. The maximum absolute atomic E-state index is 13.4. The second kappa shape index (κ2) is 9.62. The maximum atomic E-state index is 13.4. The predicted octanol–water partition coefficient (Wildman–Crippen LogP) is 4.59. The Hall–Kier alpha value is -2.52. The van der Waals surface area contributed by atoms with E-state index in [1.165, 1.54) is 10.4 Å². The molecule has 1 amide bonds. The minimum absolute atomic E-state index is 0.00545. The van der Waals surface area contributed by atoms with Gasteiger partial charge in [-0.2, -0.15) is 13.1 Å². The van der Waals surface area contributed by atoms with Gasteiger partial charge in [0, 0.05) is 25.6 Å². The lowest BCUT2D eigenvalue weighted by Gasteiger charge is -2.36. The molecule has 2 aliphatic rings. The van der Waals surface area contributed by atoms with Gasteiger partial charge in [-0.15, -0.1) is 0 Å². The normalized spacial score (nSPS) is 17.6. The number of carbonyl (C=O) groups excluding carboxylic acids is 1. The number of piperidine rings is 1. The molecule has 2 aromatic carbocycles. The number of sulfonamides is 1. The van der Waals surface area contributed by atoms with Crippen LogP contribution in [0.1, 0.15) is 41.5 Å². The Labute approximate surface area is 199 Å². The smallest absolute Gasteiger partial charge is 0.387 e. The number of rotatable bonds is 5. The summed E-state index contributed by atoms with van der Waals surface area (Å²) >= 11 is 0. The van der Waals surface area contributed by atoms with E-state index in [0.717, 1.165) is 17.5 Å². The zero-order chi connectivity index (χ0) is 24.6. The van der Waals surface area contributed by atoms with Crippen molar-refractivity contribution >= 4 is 21.6 Å². The minimum atomic E-state index is -3.68. The molecule has 34 heavy (non-hydrogen) atoms. The zero-order valence-electron chi connectivity index (χ0n) is 19.7. The fourth-order valence-electron chi connectivity index (χ4n) is 5.29. The lowest BCUT2D eigenvalue weighted by Crippen LogP contribution is -2.46. The highest BCUT2D eigenvalue weighted by molar-refractivity contribution is 7.89. The molecular weight excluding hydrogens is 462 g/mol. The van der Waals surface area contributed by atoms with Crippen molar-refractivity contribution in [2.24, 2.45) is 5.92 Å². The SMILES string of the molecule is Cc1cc(C)c(S(=O)(=O)N2CCC(C(=O)N3CCCc4cccc(OC(F)F)c43)CC2)c(C)c1. The molecule has 4 rings (SSSR count). The highest BCUT2D eigenvalue weighted by Gasteiger charge is 2.37. The summed E-state index contributed by atoms with van der Waals surface area (Å²) in [5.74, 6) is -0.533. The van der Waals surface area contributed by atoms with Crippen molar-refractivity contribution in [1.82, 2.24) is 4.31 Å². The van der Waals surface area contributed by atoms with Crippen molar-refractivity contribution in [3.63, 3.8) is 0 Å². The summed E-state index contributed by atoms with van der Waals surface area (Å²) in [5.41, 5.74) is 3.66. The lowest BCUT2D eigenvalue weighted by molar-refractivity contribution is -0.123. The van der Waals surface area contributed by atoms with E-state index in [-0.39, 0.29) is 30.7 Å². The molecule has 0 aliphatic carbocycles. The van der Waals surface area contributed by atoms with Crippen LogP contribution in [0.5, 0.6) is 5.75 Å². The van der Waals surface area contributed by atoms with Crippen molar-refractivity contribution in [2.45, 2.75) is 58.0 Å². The van der Waals surface area contributed by atoms with Crippen molar-refractivity contribution in [1.29, 1.82) is 0 Å². The van der Waals surface area contributed by atoms with E-state index in [2.05, 4.69) is 0 Å². The number of aryl methyl sites for hydroxylation is 4. The molecule has 0 N–H and O–H groups in total. The van der Waals surface area contributed by atoms with Crippen LogP contribution in [-0.4, -0.2) is 44.9 Å². The Bertz CT molecular complexity index is 1170. The van der Waals surface area contributed by atoms with Gasteiger partial charge in [0.05, 0.1) is 10.6 Å². The van der Waals surface area contributed by atoms with Crippen LogP contribution in [0.3, 0.4) is 0 Å². The molecule has 0 atom stereocenters. The minimum Gasteiger partial charge on any atom is -0.433 e. The number of amides is 1. The number of anilines is 1. The first-order valence-corrected chi connectivity index (χ1v) is 13.0. The lowest BCUT2D eigenvalue weighted by atomic mass is 9.93. The van der Waals surface area contributed by atoms with Crippen LogP contribution >= 0.6 is 0 Å². The van der Waals surface area contributed by atoms with E-state index in [1.54, 1.807) is 24.8 Å². The molecule has 184 valence electrons. The van der Waals surface area contributed by atoms with E-state index < -0.39 is 16.6 Å². The van der Waals surface area contributed by atoms with Crippen LogP contribution in [0, 0.1) is 26.7 Å². The molecule has 1 saturated heterocycles. The number of hydrogen-bond donors (Lipinski definition) is 0. The first kappa shape index (κ1) is 24.6. The molecule has 0 radical (unpaired) electrons. The summed E-state index contributed by atoms with van der Waals surface area (Å²) in [4.78, 5) is 15.3. The fraction of sp³-hybridized carbons (Fsp3) is 0.480. The number of alkyl halides is 2. The molecule has 0 spiro atoms. The third-order valence-electron chi connectivity index (χ3n) is 6.67. The number of benzene rings is 2. The van der Waals surface area contributed by atoms with Crippen LogP contribution in [0.4, 0.5) is 14.5 Å². The Morgan fingerprint density at radius 2 is 1.71 bits per heavy atom. The van der Waals surface area contributed by atoms with E-state index in [4.69, 9.17) is 4.74 Å². The number of fused-ring (bicyclic) bond motifs is 1. The average Bonchev–Trinajstić information content (AvgIpc) is 2.77. The summed E-state index contributed by atoms with van der Waals surface area (Å²) < 4.78 is 58.8. The standard InChI is InChI=1S/C25H30F2N2O4S/c1-16-14-17(2)23(18(3)15-16)34(31,32)28-12-9-20(10-13-28)24(30)29-11-5-7-19-6-4-8-21(22(19)29)33-25(26)27/h4,6,8,14-15,20,25H,5,7,9-13H2,1-3H3. The zero-order valence-corrected chi connectivity index (χ0v) is 20.5. The average molecular weight is 493 g/mol. The molecule has 2 aromatic rings. The number of hydrogen-bond acceptors (Lipinski definition) is 4. The summed E-state index contributed by atoms with van der Waals surface area (Å²) in [5, 5.41) is 0. The summed E-state index contributed by atoms with van der Waals surface area (Å²) in [6, 6.07) is 8.67. The van der Waals surface area contributed by atoms with Crippen LogP contribution in [0.2, 0.25) is 0 Å². The number of ether oxygens (including phenoxy) is 1. The highest BCUT2D eigenvalue weighted by atomic mass is 32.2. The van der Waals surface area contributed by atoms with Gasteiger partial charge >= 0.3 is 6.61 Å². The summed E-state index contributed by atoms with van der Waals surface area (Å²) in [6.07, 6.45) is 2.18. The third-order valence-corrected chi connectivity index (χ3v) is 8.87. The molecule has 9 heteroatoms. The first-order chi connectivity index (χ1) is 16.1. The molecule has 2 heterocycles. The van der Waals surface area contributed by atoms with Crippen molar-refractivity contribution in [3.05, 3.63) is 52.6 Å². The van der Waals surface area contributed by atoms with E-state index in [0.29, 0.717) is 47.5 Å². The van der Waals surface area contributed by atoms with Crippen LogP contribution in [0.15, 0.2) is 35.2 Å². The van der Waals surface area contributed by atoms with Gasteiger partial charge in [0.1, 0.15) is 5.75 Å². The number of nitrogens with zero attached hydrogens (tertiary/aromatic N) is 2. The van der Waals surface area contributed by atoms with Gasteiger partial charge in [0.2, 0.25) is 15.9 Å². The Morgan fingerprint density at radius 3 is 2.32 bits per heavy atom. The highest BCUT2D eigenvalue weighted by Crippen LogP contribution is 2.39. The number of halogens is 2. The molecule has 0 bridgehead atoms. The second-order valence-corrected chi connectivity index (χ2v) is 11.0. The Morgan fingerprint density at radius 1 is 1.06 bits per heavy atom. The van der Waals surface area contributed by atoms with Gasteiger partial charge in [0.25, 0.3) is 0 Å². The Kier molecular flexibility index (Phi) is 6.96.